The highest BCUT2D eigenvalue weighted by Crippen LogP contribution is 2.23. The molecule has 1 rings (SSSR count). The van der Waals surface area contributed by atoms with Gasteiger partial charge in [0.15, 0.2) is 0 Å². The van der Waals surface area contributed by atoms with Crippen LogP contribution in [0.4, 0.5) is 5.69 Å². The van der Waals surface area contributed by atoms with Crippen LogP contribution in [0, 0.1) is 0 Å². The second kappa shape index (κ2) is 7.56. The minimum Gasteiger partial charge on any atom is -0.396 e. The number of anilines is 1. The summed E-state index contributed by atoms with van der Waals surface area (Å²) in [5, 5.41) is 11.7. The maximum absolute atomic E-state index is 11.8. The lowest BCUT2D eigenvalue weighted by Gasteiger charge is -2.17. The maximum Gasteiger partial charge on any atom is 0.234 e. The molecule has 0 heterocycles. The molecular weight excluding hydrogens is 258 g/mol. The van der Waals surface area contributed by atoms with Gasteiger partial charge in [-0.05, 0) is 30.5 Å². The first-order valence-electron chi connectivity index (χ1n) is 6.54. The Hall–Kier alpha value is -1.00. The second-order valence-corrected chi connectivity index (χ2v) is 7.28. The van der Waals surface area contributed by atoms with E-state index in [0.717, 1.165) is 24.1 Å². The van der Waals surface area contributed by atoms with E-state index in [1.807, 2.05) is 24.3 Å². The molecule has 0 saturated carbocycles. The van der Waals surface area contributed by atoms with E-state index in [2.05, 4.69) is 26.1 Å². The van der Waals surface area contributed by atoms with Crippen LogP contribution in [0.5, 0.6) is 0 Å². The Kier molecular flexibility index (Phi) is 6.38. The van der Waals surface area contributed by atoms with Crippen LogP contribution in [-0.2, 0) is 11.2 Å². The van der Waals surface area contributed by atoms with Crippen LogP contribution >= 0.6 is 11.8 Å². The first kappa shape index (κ1) is 16.1. The van der Waals surface area contributed by atoms with Crippen molar-refractivity contribution in [2.75, 3.05) is 17.7 Å². The number of amides is 1. The van der Waals surface area contributed by atoms with Crippen LogP contribution in [0.2, 0.25) is 0 Å². The zero-order chi connectivity index (χ0) is 14.3. The lowest BCUT2D eigenvalue weighted by molar-refractivity contribution is -0.113. The van der Waals surface area contributed by atoms with Gasteiger partial charge >= 0.3 is 0 Å². The molecule has 0 radical (unpaired) electrons. The van der Waals surface area contributed by atoms with Gasteiger partial charge in [-0.2, -0.15) is 0 Å². The zero-order valence-corrected chi connectivity index (χ0v) is 12.7. The number of aliphatic hydroxyl groups excluding tert-OH is 1. The number of rotatable bonds is 6. The van der Waals surface area contributed by atoms with E-state index in [1.54, 1.807) is 11.8 Å². The van der Waals surface area contributed by atoms with E-state index < -0.39 is 0 Å². The van der Waals surface area contributed by atoms with E-state index in [0.29, 0.717) is 5.75 Å². The third-order valence-electron chi connectivity index (χ3n) is 2.47. The van der Waals surface area contributed by atoms with Crippen molar-refractivity contribution in [2.24, 2.45) is 0 Å². The maximum atomic E-state index is 11.8. The molecule has 19 heavy (non-hydrogen) atoms. The first-order valence-corrected chi connectivity index (χ1v) is 7.53. The number of benzene rings is 1. The molecule has 0 atom stereocenters. The summed E-state index contributed by atoms with van der Waals surface area (Å²) in [6, 6.07) is 7.80. The number of aryl methyl sites for hydroxylation is 1. The molecule has 0 spiro atoms. The van der Waals surface area contributed by atoms with E-state index in [1.165, 1.54) is 0 Å². The molecular formula is C15H23NO2S. The Morgan fingerprint density at radius 2 is 2.11 bits per heavy atom. The monoisotopic (exact) mass is 281 g/mol. The fourth-order valence-electron chi connectivity index (χ4n) is 1.57. The van der Waals surface area contributed by atoms with Crippen molar-refractivity contribution in [1.82, 2.24) is 0 Å². The molecule has 1 aromatic carbocycles. The Bertz CT molecular complexity index is 413. The van der Waals surface area contributed by atoms with Crippen molar-refractivity contribution in [3.05, 3.63) is 29.8 Å². The minimum absolute atomic E-state index is 0.0271. The van der Waals surface area contributed by atoms with Crippen molar-refractivity contribution in [1.29, 1.82) is 0 Å². The normalized spacial score (nSPS) is 11.4. The number of hydrogen-bond donors (Lipinski definition) is 2. The van der Waals surface area contributed by atoms with Gasteiger partial charge in [-0.15, -0.1) is 11.8 Å². The molecule has 0 bridgehead atoms. The van der Waals surface area contributed by atoms with Crippen LogP contribution in [0.1, 0.15) is 32.8 Å². The van der Waals surface area contributed by atoms with E-state index in [4.69, 9.17) is 5.11 Å². The topological polar surface area (TPSA) is 49.3 Å². The number of carbonyl (C=O) groups is 1. The van der Waals surface area contributed by atoms with E-state index >= 15 is 0 Å². The number of carbonyl (C=O) groups excluding carboxylic acids is 1. The van der Waals surface area contributed by atoms with Gasteiger partial charge in [0.1, 0.15) is 0 Å². The average molecular weight is 281 g/mol. The second-order valence-electron chi connectivity index (χ2n) is 5.48. The van der Waals surface area contributed by atoms with Crippen LogP contribution < -0.4 is 5.32 Å². The Morgan fingerprint density at radius 1 is 1.37 bits per heavy atom. The van der Waals surface area contributed by atoms with Gasteiger partial charge in [0.05, 0.1) is 5.75 Å². The molecule has 0 saturated heterocycles. The summed E-state index contributed by atoms with van der Waals surface area (Å²) in [5.41, 5.74) is 1.96. The molecule has 3 nitrogen and oxygen atoms in total. The summed E-state index contributed by atoms with van der Waals surface area (Å²) in [7, 11) is 0. The number of nitrogens with one attached hydrogen (secondary N) is 1. The summed E-state index contributed by atoms with van der Waals surface area (Å²) in [6.07, 6.45) is 1.58. The third kappa shape index (κ3) is 7.23. The van der Waals surface area contributed by atoms with E-state index in [9.17, 15) is 4.79 Å². The van der Waals surface area contributed by atoms with Crippen molar-refractivity contribution in [2.45, 2.75) is 38.4 Å². The molecule has 0 aliphatic carbocycles. The summed E-state index contributed by atoms with van der Waals surface area (Å²) in [6.45, 7) is 6.49. The summed E-state index contributed by atoms with van der Waals surface area (Å²) >= 11 is 1.63. The van der Waals surface area contributed by atoms with Crippen LogP contribution in [-0.4, -0.2) is 28.1 Å². The molecule has 1 aromatic rings. The summed E-state index contributed by atoms with van der Waals surface area (Å²) in [5.74, 6) is 0.490. The Morgan fingerprint density at radius 3 is 2.74 bits per heavy atom. The molecule has 0 fully saturated rings. The van der Waals surface area contributed by atoms with Gasteiger partial charge in [-0.25, -0.2) is 0 Å². The molecule has 106 valence electrons. The van der Waals surface area contributed by atoms with Gasteiger partial charge in [-0.1, -0.05) is 32.9 Å². The first-order chi connectivity index (χ1) is 8.90. The molecule has 1 amide bonds. The summed E-state index contributed by atoms with van der Waals surface area (Å²) in [4.78, 5) is 11.8. The zero-order valence-electron chi connectivity index (χ0n) is 11.9. The largest absolute Gasteiger partial charge is 0.396 e. The molecule has 0 aromatic heterocycles. The smallest absolute Gasteiger partial charge is 0.234 e. The molecule has 0 aliphatic rings. The quantitative estimate of drug-likeness (QED) is 0.842. The van der Waals surface area contributed by atoms with Gasteiger partial charge in [-0.3, -0.25) is 4.79 Å². The third-order valence-corrected chi connectivity index (χ3v) is 3.74. The highest BCUT2D eigenvalue weighted by Gasteiger charge is 2.13. The van der Waals surface area contributed by atoms with Gasteiger partial charge in [0, 0.05) is 17.0 Å². The standard InChI is InChI=1S/C15H23NO2S/c1-15(2,3)19-11-14(18)16-13-8-4-6-12(10-13)7-5-9-17/h4,6,8,10,17H,5,7,9,11H2,1-3H3,(H,16,18). The predicted octanol–water partition coefficient (Wildman–Crippen LogP) is 3.08. The van der Waals surface area contributed by atoms with Gasteiger partial charge in [0.2, 0.25) is 5.91 Å². The number of aliphatic hydroxyl groups is 1. The summed E-state index contributed by atoms with van der Waals surface area (Å²) < 4.78 is 0.0975. The Balaban J connectivity index is 2.49. The molecule has 0 unspecified atom stereocenters. The molecule has 2 N–H and O–H groups in total. The van der Waals surface area contributed by atoms with Crippen LogP contribution in [0.15, 0.2) is 24.3 Å². The lowest BCUT2D eigenvalue weighted by Crippen LogP contribution is -2.18. The number of hydrogen-bond acceptors (Lipinski definition) is 3. The SMILES string of the molecule is CC(C)(C)SCC(=O)Nc1cccc(CCCO)c1. The fourth-order valence-corrected chi connectivity index (χ4v) is 2.20. The van der Waals surface area contributed by atoms with Gasteiger partial charge in [0.25, 0.3) is 0 Å². The Labute approximate surface area is 119 Å². The minimum atomic E-state index is 0.0271. The van der Waals surface area contributed by atoms with Crippen LogP contribution in [0.25, 0.3) is 0 Å². The number of thioether (sulfide) groups is 1. The highest BCUT2D eigenvalue weighted by molar-refractivity contribution is 8.01. The van der Waals surface area contributed by atoms with Crippen molar-refractivity contribution in [3.63, 3.8) is 0 Å². The van der Waals surface area contributed by atoms with E-state index in [-0.39, 0.29) is 17.3 Å². The fraction of sp³-hybridized carbons (Fsp3) is 0.533. The predicted molar refractivity (Wildman–Crippen MR) is 82.7 cm³/mol. The molecule has 4 heteroatoms. The van der Waals surface area contributed by atoms with Crippen molar-refractivity contribution < 1.29 is 9.90 Å². The highest BCUT2D eigenvalue weighted by atomic mass is 32.2. The lowest BCUT2D eigenvalue weighted by atomic mass is 10.1. The average Bonchev–Trinajstić information content (AvgIpc) is 2.33. The van der Waals surface area contributed by atoms with Crippen LogP contribution in [0.3, 0.4) is 0 Å². The van der Waals surface area contributed by atoms with Crippen molar-refractivity contribution in [3.8, 4) is 0 Å². The molecule has 0 aliphatic heterocycles. The van der Waals surface area contributed by atoms with Gasteiger partial charge < -0.3 is 10.4 Å². The van der Waals surface area contributed by atoms with Crippen molar-refractivity contribution >= 4 is 23.4 Å².